The van der Waals surface area contributed by atoms with Gasteiger partial charge in [-0.15, -0.1) is 0 Å². The van der Waals surface area contributed by atoms with Crippen molar-refractivity contribution in [2.75, 3.05) is 13.2 Å². The third kappa shape index (κ3) is 56.6. The lowest BCUT2D eigenvalue weighted by molar-refractivity contribution is -0.166. The summed E-state index contributed by atoms with van der Waals surface area (Å²) < 4.78 is 16.8. The highest BCUT2D eigenvalue weighted by Gasteiger charge is 2.19. The van der Waals surface area contributed by atoms with Crippen LogP contribution in [0.3, 0.4) is 0 Å². The molecule has 0 heterocycles. The maximum Gasteiger partial charge on any atom is 0.306 e. The average Bonchev–Trinajstić information content (AvgIpc) is 3.37. The van der Waals surface area contributed by atoms with Gasteiger partial charge in [0.1, 0.15) is 13.2 Å². The summed E-state index contributed by atoms with van der Waals surface area (Å²) >= 11 is 0. The molecule has 0 spiro atoms. The van der Waals surface area contributed by atoms with Gasteiger partial charge in [0.25, 0.3) is 0 Å². The third-order valence-electron chi connectivity index (χ3n) is 11.9. The third-order valence-corrected chi connectivity index (χ3v) is 11.9. The Balaban J connectivity index is 4.56. The van der Waals surface area contributed by atoms with E-state index in [0.717, 1.165) is 103 Å². The largest absolute Gasteiger partial charge is 0.462 e. The fourth-order valence-corrected chi connectivity index (χ4v) is 7.59. The smallest absolute Gasteiger partial charge is 0.306 e. The van der Waals surface area contributed by atoms with E-state index in [1.807, 2.05) is 6.08 Å². The molecule has 6 nitrogen and oxygen atoms in total. The van der Waals surface area contributed by atoms with Gasteiger partial charge in [0.15, 0.2) is 6.10 Å². The van der Waals surface area contributed by atoms with E-state index in [9.17, 15) is 14.4 Å². The Labute approximate surface area is 437 Å². The summed E-state index contributed by atoms with van der Waals surface area (Å²) in [5.41, 5.74) is 0. The van der Waals surface area contributed by atoms with Gasteiger partial charge in [-0.2, -0.15) is 0 Å². The molecule has 0 saturated carbocycles. The molecule has 0 amide bonds. The van der Waals surface area contributed by atoms with E-state index < -0.39 is 6.10 Å². The molecule has 0 aliphatic heterocycles. The summed E-state index contributed by atoms with van der Waals surface area (Å²) in [5.74, 6) is -1.03. The first-order valence-electron chi connectivity index (χ1n) is 29.0. The fourth-order valence-electron chi connectivity index (χ4n) is 7.59. The van der Waals surface area contributed by atoms with Crippen LogP contribution in [0.25, 0.3) is 0 Å². The van der Waals surface area contributed by atoms with Crippen molar-refractivity contribution >= 4 is 17.9 Å². The van der Waals surface area contributed by atoms with Crippen LogP contribution in [0, 0.1) is 0 Å². The van der Waals surface area contributed by atoms with E-state index in [0.29, 0.717) is 12.8 Å². The predicted octanol–water partition coefficient (Wildman–Crippen LogP) is 19.6. The molecule has 1 atom stereocenters. The number of hydrogen-bond acceptors (Lipinski definition) is 6. The van der Waals surface area contributed by atoms with Gasteiger partial charge in [-0.3, -0.25) is 14.4 Å². The molecule has 0 aromatic carbocycles. The number of carbonyl (C=O) groups excluding carboxylic acids is 3. The molecule has 0 aromatic heterocycles. The van der Waals surface area contributed by atoms with E-state index in [1.54, 1.807) is 0 Å². The number of esters is 3. The van der Waals surface area contributed by atoms with Crippen molar-refractivity contribution in [3.05, 3.63) is 122 Å². The molecule has 0 saturated heterocycles. The van der Waals surface area contributed by atoms with Gasteiger partial charge in [0.2, 0.25) is 0 Å². The Hall–Kier alpha value is -4.19. The summed E-state index contributed by atoms with van der Waals surface area (Å²) in [7, 11) is 0. The van der Waals surface area contributed by atoms with Crippen LogP contribution in [0.5, 0.6) is 0 Å². The Bertz CT molecular complexity index is 1500. The molecule has 0 radical (unpaired) electrons. The molecule has 0 aliphatic carbocycles. The van der Waals surface area contributed by atoms with Crippen LogP contribution in [0.1, 0.15) is 252 Å². The predicted molar refractivity (Wildman–Crippen MR) is 306 cm³/mol. The quantitative estimate of drug-likeness (QED) is 0.0261. The van der Waals surface area contributed by atoms with Crippen LogP contribution in [0.4, 0.5) is 0 Å². The minimum atomic E-state index is -0.826. The number of carbonyl (C=O) groups is 3. The van der Waals surface area contributed by atoms with E-state index in [4.69, 9.17) is 14.2 Å². The van der Waals surface area contributed by atoms with Gasteiger partial charge < -0.3 is 14.2 Å². The lowest BCUT2D eigenvalue weighted by Crippen LogP contribution is -2.30. The van der Waals surface area contributed by atoms with Gasteiger partial charge >= 0.3 is 17.9 Å². The van der Waals surface area contributed by atoms with E-state index in [2.05, 4.69) is 136 Å². The second-order valence-electron chi connectivity index (χ2n) is 18.8. The fraction of sp³-hybridized carbons (Fsp3) is 0.646. The molecule has 0 aromatic rings. The molecular weight excluding hydrogens is 877 g/mol. The zero-order chi connectivity index (χ0) is 51.4. The van der Waals surface area contributed by atoms with Crippen LogP contribution in [-0.2, 0) is 28.6 Å². The van der Waals surface area contributed by atoms with Gasteiger partial charge in [-0.1, -0.05) is 232 Å². The second kappa shape index (κ2) is 58.4. The normalized spacial score (nSPS) is 13.0. The minimum absolute atomic E-state index is 0.115. The molecule has 71 heavy (non-hydrogen) atoms. The number of unbranched alkanes of at least 4 members (excludes halogenated alkanes) is 20. The molecule has 0 N–H and O–H groups in total. The monoisotopic (exact) mass is 983 g/mol. The summed E-state index contributed by atoms with van der Waals surface area (Å²) in [6.07, 6.45) is 80.5. The van der Waals surface area contributed by atoms with Gasteiger partial charge in [0, 0.05) is 19.3 Å². The van der Waals surface area contributed by atoms with E-state index in [1.165, 1.54) is 103 Å². The molecule has 0 bridgehead atoms. The van der Waals surface area contributed by atoms with Crippen molar-refractivity contribution < 1.29 is 28.6 Å². The molecule has 0 unspecified atom stereocenters. The van der Waals surface area contributed by atoms with Crippen molar-refractivity contribution in [3.63, 3.8) is 0 Å². The van der Waals surface area contributed by atoms with Crippen molar-refractivity contribution in [1.82, 2.24) is 0 Å². The molecule has 402 valence electrons. The maximum absolute atomic E-state index is 12.9. The zero-order valence-corrected chi connectivity index (χ0v) is 45.9. The summed E-state index contributed by atoms with van der Waals surface area (Å²) in [4.78, 5) is 38.2. The van der Waals surface area contributed by atoms with Gasteiger partial charge in [-0.25, -0.2) is 0 Å². The van der Waals surface area contributed by atoms with E-state index in [-0.39, 0.29) is 44.0 Å². The molecule has 0 aliphatic rings. The van der Waals surface area contributed by atoms with Crippen LogP contribution in [0.2, 0.25) is 0 Å². The summed E-state index contributed by atoms with van der Waals surface area (Å²) in [6.45, 7) is 6.41. The number of ether oxygens (including phenoxy) is 3. The highest BCUT2D eigenvalue weighted by Crippen LogP contribution is 2.13. The first-order chi connectivity index (χ1) is 35.0. The molecular formula is C65H106O6. The lowest BCUT2D eigenvalue weighted by atomic mass is 10.1. The highest BCUT2D eigenvalue weighted by molar-refractivity contribution is 5.71. The lowest BCUT2D eigenvalue weighted by Gasteiger charge is -2.18. The van der Waals surface area contributed by atoms with Crippen molar-refractivity contribution in [3.8, 4) is 0 Å². The average molecular weight is 984 g/mol. The van der Waals surface area contributed by atoms with Gasteiger partial charge in [-0.05, 0) is 122 Å². The zero-order valence-electron chi connectivity index (χ0n) is 45.9. The van der Waals surface area contributed by atoms with Gasteiger partial charge in [0.05, 0.1) is 0 Å². The molecule has 6 heteroatoms. The Morgan fingerprint density at radius 2 is 0.577 bits per heavy atom. The topological polar surface area (TPSA) is 78.9 Å². The highest BCUT2D eigenvalue weighted by atomic mass is 16.6. The van der Waals surface area contributed by atoms with E-state index >= 15 is 0 Å². The Kier molecular flexibility index (Phi) is 54.9. The van der Waals surface area contributed by atoms with Crippen LogP contribution >= 0.6 is 0 Å². The van der Waals surface area contributed by atoms with Crippen molar-refractivity contribution in [2.45, 2.75) is 258 Å². The second-order valence-corrected chi connectivity index (χ2v) is 18.8. The first-order valence-corrected chi connectivity index (χ1v) is 29.0. The standard InChI is InChI=1S/C65H106O6/c1-4-7-10-13-16-19-22-25-28-31-32-35-37-40-43-46-49-52-55-58-64(67)70-61-62(71-65(68)59-56-53-50-47-44-41-38-34-30-27-24-21-18-15-12-9-6-3)60-69-63(66)57-54-51-48-45-42-39-36-33-29-26-23-20-17-14-11-8-5-2/h7,10,16,18-19,21,25-30,32,35,38,40-41,43,49,52,62H,4-6,8-9,11-15,17,20,22-24,31,33-34,36-37,39,42,44-48,50-51,53-61H2,1-3H3/b10-7-,19-16-,21-18-,28-25-,29-26-,30-27-,35-32-,41-38-,43-40-,52-49-/t62-/m1/s1. The Morgan fingerprint density at radius 3 is 0.986 bits per heavy atom. The van der Waals surface area contributed by atoms with Crippen LogP contribution in [-0.4, -0.2) is 37.2 Å². The van der Waals surface area contributed by atoms with Crippen LogP contribution in [0.15, 0.2) is 122 Å². The van der Waals surface area contributed by atoms with Crippen molar-refractivity contribution in [1.29, 1.82) is 0 Å². The molecule has 0 rings (SSSR count). The maximum atomic E-state index is 12.9. The van der Waals surface area contributed by atoms with Crippen LogP contribution < -0.4 is 0 Å². The summed E-state index contributed by atoms with van der Waals surface area (Å²) in [6, 6.07) is 0. The number of rotatable bonds is 51. The SMILES string of the molecule is CC/C=C\C/C=C\C/C=C\C/C=C\C/C=C\C/C=C\CCC(=O)OC[C@@H](COC(=O)CCCCCCCCC/C=C\CCCCCCCC)OC(=O)CCCCCC/C=C\C/C=C\C/C=C\CCCCC. The minimum Gasteiger partial charge on any atom is -0.462 e. The summed E-state index contributed by atoms with van der Waals surface area (Å²) in [5, 5.41) is 0. The first kappa shape index (κ1) is 66.8. The number of allylic oxidation sites excluding steroid dienone is 20. The Morgan fingerprint density at radius 1 is 0.296 bits per heavy atom. The number of hydrogen-bond donors (Lipinski definition) is 0. The van der Waals surface area contributed by atoms with Crippen molar-refractivity contribution in [2.24, 2.45) is 0 Å². The molecule has 0 fully saturated rings.